The highest BCUT2D eigenvalue weighted by Gasteiger charge is 2.29. The van der Waals surface area contributed by atoms with Crippen LogP contribution in [0, 0.1) is 6.92 Å². The second kappa shape index (κ2) is 11.5. The number of aryl methyl sites for hydroxylation is 1. The molecule has 0 unspecified atom stereocenters. The van der Waals surface area contributed by atoms with E-state index < -0.39 is 10.0 Å². The van der Waals surface area contributed by atoms with Gasteiger partial charge in [-0.1, -0.05) is 100 Å². The minimum atomic E-state index is -4.00. The maximum absolute atomic E-state index is 13.8. The van der Waals surface area contributed by atoms with Gasteiger partial charge in [0.2, 0.25) is 5.91 Å². The standard InChI is InChI=1S/C29H27BrN2O3S/c1-23-15-17-28(18-16-23)36(34,35)32(27-14-8-13-26(30)19-27)22-29(33)31(20-24-9-4-2-5-10-24)21-25-11-6-3-7-12-25/h2-19H,20-22H2,1H3. The number of hydrogen-bond acceptors (Lipinski definition) is 3. The molecule has 0 saturated heterocycles. The molecule has 1 amide bonds. The molecule has 36 heavy (non-hydrogen) atoms. The number of nitrogens with zero attached hydrogens (tertiary/aromatic N) is 2. The first-order chi connectivity index (χ1) is 17.3. The molecule has 0 spiro atoms. The molecule has 4 rings (SSSR count). The monoisotopic (exact) mass is 562 g/mol. The van der Waals surface area contributed by atoms with Crippen LogP contribution in [-0.4, -0.2) is 25.8 Å². The van der Waals surface area contributed by atoms with E-state index in [0.29, 0.717) is 18.8 Å². The van der Waals surface area contributed by atoms with Crippen LogP contribution in [0.1, 0.15) is 16.7 Å². The third-order valence-electron chi connectivity index (χ3n) is 5.77. The average molecular weight is 564 g/mol. The summed E-state index contributed by atoms with van der Waals surface area (Å²) in [6.07, 6.45) is 0. The summed E-state index contributed by atoms with van der Waals surface area (Å²) in [6.45, 7) is 2.31. The smallest absolute Gasteiger partial charge is 0.264 e. The number of sulfonamides is 1. The van der Waals surface area contributed by atoms with E-state index in [1.807, 2.05) is 73.7 Å². The maximum atomic E-state index is 13.8. The molecule has 5 nitrogen and oxygen atoms in total. The van der Waals surface area contributed by atoms with Gasteiger partial charge in [-0.2, -0.15) is 0 Å². The summed E-state index contributed by atoms with van der Waals surface area (Å²) in [5, 5.41) is 0. The SMILES string of the molecule is Cc1ccc(S(=O)(=O)N(CC(=O)N(Cc2ccccc2)Cc2ccccc2)c2cccc(Br)c2)cc1. The number of carbonyl (C=O) groups is 1. The molecule has 0 bridgehead atoms. The van der Waals surface area contributed by atoms with Crippen molar-refractivity contribution in [1.29, 1.82) is 0 Å². The van der Waals surface area contributed by atoms with Crippen LogP contribution in [0.25, 0.3) is 0 Å². The Labute approximate surface area is 221 Å². The molecule has 0 N–H and O–H groups in total. The Morgan fingerprint density at radius 3 is 1.83 bits per heavy atom. The molecule has 0 saturated carbocycles. The lowest BCUT2D eigenvalue weighted by molar-refractivity contribution is -0.130. The molecule has 0 heterocycles. The molecule has 0 atom stereocenters. The zero-order valence-corrected chi connectivity index (χ0v) is 22.3. The van der Waals surface area contributed by atoms with E-state index in [1.54, 1.807) is 47.4 Å². The molecule has 0 radical (unpaired) electrons. The summed E-state index contributed by atoms with van der Waals surface area (Å²) in [5.41, 5.74) is 3.31. The zero-order valence-electron chi connectivity index (χ0n) is 19.9. The summed E-state index contributed by atoms with van der Waals surface area (Å²) >= 11 is 3.43. The van der Waals surface area contributed by atoms with Gasteiger partial charge in [-0.25, -0.2) is 8.42 Å². The van der Waals surface area contributed by atoms with Crippen LogP contribution in [0.4, 0.5) is 5.69 Å². The van der Waals surface area contributed by atoms with Crippen LogP contribution in [0.5, 0.6) is 0 Å². The predicted octanol–water partition coefficient (Wildman–Crippen LogP) is 6.18. The van der Waals surface area contributed by atoms with Crippen molar-refractivity contribution < 1.29 is 13.2 Å². The lowest BCUT2D eigenvalue weighted by Gasteiger charge is -2.29. The van der Waals surface area contributed by atoms with Crippen LogP contribution in [0.2, 0.25) is 0 Å². The molecule has 0 aromatic heterocycles. The quantitative estimate of drug-likeness (QED) is 0.244. The fourth-order valence-corrected chi connectivity index (χ4v) is 5.64. The van der Waals surface area contributed by atoms with Crippen molar-refractivity contribution >= 4 is 37.5 Å². The number of rotatable bonds is 9. The molecule has 0 aliphatic rings. The van der Waals surface area contributed by atoms with Gasteiger partial charge < -0.3 is 4.90 Å². The fraction of sp³-hybridized carbons (Fsp3) is 0.138. The van der Waals surface area contributed by atoms with Crippen LogP contribution in [0.15, 0.2) is 119 Å². The highest BCUT2D eigenvalue weighted by atomic mass is 79.9. The minimum absolute atomic E-state index is 0.138. The zero-order chi connectivity index (χ0) is 25.5. The first-order valence-electron chi connectivity index (χ1n) is 11.5. The molecule has 184 valence electrons. The van der Waals surface area contributed by atoms with Gasteiger partial charge in [-0.15, -0.1) is 0 Å². The van der Waals surface area contributed by atoms with E-state index >= 15 is 0 Å². The van der Waals surface area contributed by atoms with Crippen molar-refractivity contribution in [3.05, 3.63) is 130 Å². The topological polar surface area (TPSA) is 57.7 Å². The van der Waals surface area contributed by atoms with Gasteiger partial charge in [0, 0.05) is 17.6 Å². The highest BCUT2D eigenvalue weighted by Crippen LogP contribution is 2.27. The fourth-order valence-electron chi connectivity index (χ4n) is 3.85. The lowest BCUT2D eigenvalue weighted by atomic mass is 10.1. The van der Waals surface area contributed by atoms with Crippen molar-refractivity contribution in [2.24, 2.45) is 0 Å². The molecule has 0 fully saturated rings. The number of halogens is 1. The van der Waals surface area contributed by atoms with Gasteiger partial charge in [0.1, 0.15) is 6.54 Å². The number of hydrogen-bond donors (Lipinski definition) is 0. The van der Waals surface area contributed by atoms with E-state index in [0.717, 1.165) is 21.2 Å². The largest absolute Gasteiger partial charge is 0.332 e. The summed E-state index contributed by atoms with van der Waals surface area (Å²) in [6, 6.07) is 33.0. The molecule has 7 heteroatoms. The summed E-state index contributed by atoms with van der Waals surface area (Å²) in [4.78, 5) is 15.6. The van der Waals surface area contributed by atoms with Crippen molar-refractivity contribution in [2.75, 3.05) is 10.8 Å². The van der Waals surface area contributed by atoms with Gasteiger partial charge >= 0.3 is 0 Å². The maximum Gasteiger partial charge on any atom is 0.264 e. The molecular formula is C29H27BrN2O3S. The van der Waals surface area contributed by atoms with Gasteiger partial charge in [0.05, 0.1) is 10.6 Å². The van der Waals surface area contributed by atoms with Crippen LogP contribution in [-0.2, 0) is 27.9 Å². The Bertz CT molecular complexity index is 1370. The normalized spacial score (nSPS) is 11.2. The Balaban J connectivity index is 1.70. The lowest BCUT2D eigenvalue weighted by Crippen LogP contribution is -2.42. The molecular weight excluding hydrogens is 536 g/mol. The van der Waals surface area contributed by atoms with Crippen molar-refractivity contribution in [2.45, 2.75) is 24.9 Å². The van der Waals surface area contributed by atoms with E-state index in [-0.39, 0.29) is 17.3 Å². The van der Waals surface area contributed by atoms with E-state index in [9.17, 15) is 13.2 Å². The average Bonchev–Trinajstić information content (AvgIpc) is 2.88. The molecule has 0 aliphatic carbocycles. The van der Waals surface area contributed by atoms with E-state index in [1.165, 1.54) is 4.31 Å². The van der Waals surface area contributed by atoms with Gasteiger partial charge in [-0.05, 0) is 48.4 Å². The third kappa shape index (κ3) is 6.42. The van der Waals surface area contributed by atoms with Crippen molar-refractivity contribution in [1.82, 2.24) is 4.90 Å². The number of benzene rings is 4. The number of amides is 1. The summed E-state index contributed by atoms with van der Waals surface area (Å²) < 4.78 is 29.5. The van der Waals surface area contributed by atoms with E-state index in [2.05, 4.69) is 15.9 Å². The number of carbonyl (C=O) groups excluding carboxylic acids is 1. The number of anilines is 1. The molecule has 0 aliphatic heterocycles. The van der Waals surface area contributed by atoms with Gasteiger partial charge in [0.25, 0.3) is 10.0 Å². The molecule has 4 aromatic carbocycles. The van der Waals surface area contributed by atoms with Crippen molar-refractivity contribution in [3.63, 3.8) is 0 Å². The summed E-state index contributed by atoms with van der Waals surface area (Å²) in [5.74, 6) is -0.293. The van der Waals surface area contributed by atoms with E-state index in [4.69, 9.17) is 0 Å². The van der Waals surface area contributed by atoms with Gasteiger partial charge in [0.15, 0.2) is 0 Å². The Kier molecular flexibility index (Phi) is 8.23. The Morgan fingerprint density at radius 1 is 0.750 bits per heavy atom. The van der Waals surface area contributed by atoms with Gasteiger partial charge in [-0.3, -0.25) is 9.10 Å². The molecule has 4 aromatic rings. The first kappa shape index (κ1) is 25.7. The Morgan fingerprint density at radius 2 is 1.31 bits per heavy atom. The highest BCUT2D eigenvalue weighted by molar-refractivity contribution is 9.10. The predicted molar refractivity (Wildman–Crippen MR) is 147 cm³/mol. The minimum Gasteiger partial charge on any atom is -0.332 e. The third-order valence-corrected chi connectivity index (χ3v) is 8.05. The van der Waals surface area contributed by atoms with Crippen LogP contribution < -0.4 is 4.31 Å². The summed E-state index contributed by atoms with van der Waals surface area (Å²) in [7, 11) is -4.00. The Hall–Kier alpha value is -3.42. The van der Waals surface area contributed by atoms with Crippen molar-refractivity contribution in [3.8, 4) is 0 Å². The first-order valence-corrected chi connectivity index (χ1v) is 13.8. The van der Waals surface area contributed by atoms with Crippen LogP contribution in [0.3, 0.4) is 0 Å². The second-order valence-corrected chi connectivity index (χ2v) is 11.3. The van der Waals surface area contributed by atoms with Crippen LogP contribution >= 0.6 is 15.9 Å². The second-order valence-electron chi connectivity index (χ2n) is 8.53.